The van der Waals surface area contributed by atoms with Crippen molar-refractivity contribution >= 4 is 39.7 Å². The molecule has 0 unspecified atom stereocenters. The minimum atomic E-state index is -0.454. The van der Waals surface area contributed by atoms with Crippen molar-refractivity contribution in [1.29, 1.82) is 0 Å². The number of terminal acetylenes is 1. The largest absolute Gasteiger partial charge is 0.343 e. The Kier molecular flexibility index (Phi) is 7.42. The Morgan fingerprint density at radius 1 is 1.00 bits per heavy atom. The molecule has 0 aliphatic rings. The monoisotopic (exact) mass is 445 g/mol. The molecule has 0 saturated heterocycles. The minimum absolute atomic E-state index is 0.223. The van der Waals surface area contributed by atoms with Crippen molar-refractivity contribution in [2.75, 3.05) is 17.2 Å². The van der Waals surface area contributed by atoms with E-state index in [-0.39, 0.29) is 12.5 Å². The summed E-state index contributed by atoms with van der Waals surface area (Å²) in [7, 11) is 0. The van der Waals surface area contributed by atoms with Gasteiger partial charge in [-0.05, 0) is 53.3 Å². The molecule has 0 saturated carbocycles. The molecular formula is C25H23N3O3S. The molecule has 6 nitrogen and oxygen atoms in total. The fourth-order valence-electron chi connectivity index (χ4n) is 2.93. The fraction of sp³-hybridized carbons (Fsp3) is 0.160. The molecule has 0 spiro atoms. The average molecular weight is 446 g/mol. The molecule has 162 valence electrons. The zero-order valence-electron chi connectivity index (χ0n) is 17.8. The van der Waals surface area contributed by atoms with Gasteiger partial charge < -0.3 is 16.0 Å². The van der Waals surface area contributed by atoms with Gasteiger partial charge in [0.1, 0.15) is 5.00 Å². The Labute approximate surface area is 191 Å². The van der Waals surface area contributed by atoms with Crippen LogP contribution in [0.1, 0.15) is 51.6 Å². The van der Waals surface area contributed by atoms with E-state index in [1.54, 1.807) is 47.8 Å². The van der Waals surface area contributed by atoms with Crippen LogP contribution in [0.2, 0.25) is 0 Å². The van der Waals surface area contributed by atoms with Crippen LogP contribution < -0.4 is 16.0 Å². The van der Waals surface area contributed by atoms with Crippen molar-refractivity contribution in [1.82, 2.24) is 5.32 Å². The molecule has 3 aromatic rings. The first-order chi connectivity index (χ1) is 15.4. The molecule has 3 rings (SSSR count). The Morgan fingerprint density at radius 3 is 2.44 bits per heavy atom. The number of anilines is 2. The summed E-state index contributed by atoms with van der Waals surface area (Å²) in [6, 6.07) is 15.8. The number of benzene rings is 2. The van der Waals surface area contributed by atoms with E-state index in [0.717, 1.165) is 5.56 Å². The topological polar surface area (TPSA) is 87.3 Å². The van der Waals surface area contributed by atoms with Gasteiger partial charge in [-0.2, -0.15) is 0 Å². The van der Waals surface area contributed by atoms with Crippen molar-refractivity contribution in [2.45, 2.75) is 19.8 Å². The van der Waals surface area contributed by atoms with E-state index in [9.17, 15) is 14.4 Å². The lowest BCUT2D eigenvalue weighted by Crippen LogP contribution is -2.33. The van der Waals surface area contributed by atoms with Crippen molar-refractivity contribution in [3.05, 3.63) is 82.2 Å². The lowest BCUT2D eigenvalue weighted by Gasteiger charge is -2.10. The fourth-order valence-corrected chi connectivity index (χ4v) is 3.71. The molecule has 3 N–H and O–H groups in total. The summed E-state index contributed by atoms with van der Waals surface area (Å²) >= 11 is 1.24. The quantitative estimate of drug-likeness (QED) is 0.469. The number of rotatable bonds is 7. The molecule has 1 aromatic heterocycles. The third kappa shape index (κ3) is 5.84. The maximum absolute atomic E-state index is 12.6. The van der Waals surface area contributed by atoms with Gasteiger partial charge in [0.25, 0.3) is 11.8 Å². The highest BCUT2D eigenvalue weighted by molar-refractivity contribution is 7.14. The molecule has 1 heterocycles. The van der Waals surface area contributed by atoms with E-state index in [1.165, 1.54) is 11.3 Å². The second-order valence-corrected chi connectivity index (χ2v) is 8.27. The highest BCUT2D eigenvalue weighted by Crippen LogP contribution is 2.24. The molecule has 0 aliphatic carbocycles. The smallest absolute Gasteiger partial charge is 0.256 e. The zero-order chi connectivity index (χ0) is 23.1. The summed E-state index contributed by atoms with van der Waals surface area (Å²) in [5.74, 6) is 1.72. The van der Waals surface area contributed by atoms with Crippen LogP contribution in [0.5, 0.6) is 0 Å². The maximum Gasteiger partial charge on any atom is 0.256 e. The molecule has 0 atom stereocenters. The van der Waals surface area contributed by atoms with Gasteiger partial charge in [0.05, 0.1) is 12.1 Å². The van der Waals surface area contributed by atoms with Gasteiger partial charge in [-0.25, -0.2) is 0 Å². The van der Waals surface area contributed by atoms with Crippen LogP contribution in [0, 0.1) is 12.3 Å². The van der Waals surface area contributed by atoms with Crippen LogP contribution in [-0.4, -0.2) is 24.3 Å². The first kappa shape index (κ1) is 22.8. The molecule has 3 amide bonds. The predicted octanol–water partition coefficient (Wildman–Crippen LogP) is 4.47. The summed E-state index contributed by atoms with van der Waals surface area (Å²) in [5, 5.41) is 10.2. The van der Waals surface area contributed by atoms with Crippen LogP contribution in [0.15, 0.2) is 60.0 Å². The second kappa shape index (κ2) is 10.4. The Bertz CT molecular complexity index is 1170. The summed E-state index contributed by atoms with van der Waals surface area (Å²) in [5.41, 5.74) is 3.13. The van der Waals surface area contributed by atoms with E-state index in [0.29, 0.717) is 33.3 Å². The van der Waals surface area contributed by atoms with E-state index < -0.39 is 11.8 Å². The van der Waals surface area contributed by atoms with Crippen LogP contribution in [0.25, 0.3) is 0 Å². The van der Waals surface area contributed by atoms with Crippen molar-refractivity contribution in [3.8, 4) is 12.3 Å². The number of hydrogen-bond acceptors (Lipinski definition) is 4. The van der Waals surface area contributed by atoms with Crippen LogP contribution in [0.4, 0.5) is 10.7 Å². The molecule has 2 aromatic carbocycles. The number of carbonyl (C=O) groups is 3. The van der Waals surface area contributed by atoms with Gasteiger partial charge in [-0.3, -0.25) is 14.4 Å². The average Bonchev–Trinajstić information content (AvgIpc) is 3.25. The van der Waals surface area contributed by atoms with Crippen LogP contribution in [-0.2, 0) is 4.79 Å². The maximum atomic E-state index is 12.6. The SMILES string of the molecule is C#Cc1cccc(NC(=O)CNC(=O)c2ccsc2NC(=O)c2ccc(C(C)C)cc2)c1. The van der Waals surface area contributed by atoms with Crippen molar-refractivity contribution in [2.24, 2.45) is 0 Å². The van der Waals surface area contributed by atoms with Gasteiger partial charge in [-0.1, -0.05) is 38.0 Å². The van der Waals surface area contributed by atoms with Crippen molar-refractivity contribution in [3.63, 3.8) is 0 Å². The number of carbonyl (C=O) groups excluding carboxylic acids is 3. The normalized spacial score (nSPS) is 10.3. The number of amides is 3. The molecule has 32 heavy (non-hydrogen) atoms. The molecule has 0 bridgehead atoms. The Balaban J connectivity index is 1.58. The van der Waals surface area contributed by atoms with Gasteiger partial charge >= 0.3 is 0 Å². The Morgan fingerprint density at radius 2 is 1.75 bits per heavy atom. The van der Waals surface area contributed by atoms with Gasteiger partial charge in [0.2, 0.25) is 5.91 Å². The summed E-state index contributed by atoms with van der Waals surface area (Å²) in [6.45, 7) is 3.94. The second-order valence-electron chi connectivity index (χ2n) is 7.35. The number of hydrogen-bond donors (Lipinski definition) is 3. The third-order valence-corrected chi connectivity index (χ3v) is 5.53. The van der Waals surface area contributed by atoms with Crippen LogP contribution in [0.3, 0.4) is 0 Å². The summed E-state index contributed by atoms with van der Waals surface area (Å²) < 4.78 is 0. The Hall–Kier alpha value is -3.89. The van der Waals surface area contributed by atoms with E-state index in [4.69, 9.17) is 6.42 Å². The molecule has 0 aliphatic heterocycles. The zero-order valence-corrected chi connectivity index (χ0v) is 18.6. The standard InChI is InChI=1S/C25H23N3O3S/c1-4-17-6-5-7-20(14-17)27-22(29)15-26-24(31)21-12-13-32-25(21)28-23(30)19-10-8-18(9-11-19)16(2)3/h1,5-14,16H,15H2,2-3H3,(H,26,31)(H,27,29)(H,28,30). The van der Waals surface area contributed by atoms with E-state index in [2.05, 4.69) is 35.7 Å². The number of thiophene rings is 1. The third-order valence-electron chi connectivity index (χ3n) is 4.70. The summed E-state index contributed by atoms with van der Waals surface area (Å²) in [4.78, 5) is 37.3. The lowest BCUT2D eigenvalue weighted by atomic mass is 10.0. The predicted molar refractivity (Wildman–Crippen MR) is 128 cm³/mol. The van der Waals surface area contributed by atoms with E-state index >= 15 is 0 Å². The van der Waals surface area contributed by atoms with Gasteiger partial charge in [0.15, 0.2) is 0 Å². The lowest BCUT2D eigenvalue weighted by molar-refractivity contribution is -0.115. The summed E-state index contributed by atoms with van der Waals surface area (Å²) in [6.07, 6.45) is 5.36. The van der Waals surface area contributed by atoms with Gasteiger partial charge in [-0.15, -0.1) is 17.8 Å². The highest BCUT2D eigenvalue weighted by Gasteiger charge is 2.17. The highest BCUT2D eigenvalue weighted by atomic mass is 32.1. The van der Waals surface area contributed by atoms with E-state index in [1.807, 2.05) is 12.1 Å². The first-order valence-electron chi connectivity index (χ1n) is 10.0. The molecular weight excluding hydrogens is 422 g/mol. The van der Waals surface area contributed by atoms with Crippen molar-refractivity contribution < 1.29 is 14.4 Å². The molecule has 0 radical (unpaired) electrons. The molecule has 0 fully saturated rings. The molecule has 7 heteroatoms. The van der Waals surface area contributed by atoms with Gasteiger partial charge in [0, 0.05) is 16.8 Å². The number of nitrogens with one attached hydrogen (secondary N) is 3. The first-order valence-corrected chi connectivity index (χ1v) is 10.9. The van der Waals surface area contributed by atoms with Crippen LogP contribution >= 0.6 is 11.3 Å². The minimum Gasteiger partial charge on any atom is -0.343 e.